The van der Waals surface area contributed by atoms with Gasteiger partial charge in [0, 0.05) is 6.21 Å². The van der Waals surface area contributed by atoms with Crippen molar-refractivity contribution in [2.75, 3.05) is 0 Å². The molecule has 0 amide bonds. The Morgan fingerprint density at radius 3 is 2.40 bits per heavy atom. The molecule has 0 aliphatic carbocycles. The molecule has 0 bridgehead atoms. The first kappa shape index (κ1) is 9.41. The van der Waals surface area contributed by atoms with Crippen LogP contribution in [0.15, 0.2) is 11.6 Å². The van der Waals surface area contributed by atoms with Crippen molar-refractivity contribution in [2.24, 2.45) is 0 Å². The second-order valence-corrected chi connectivity index (χ2v) is 2.46. The van der Waals surface area contributed by atoms with Crippen LogP contribution in [0.3, 0.4) is 0 Å². The molecule has 1 nitrogen and oxygen atoms in total. The van der Waals surface area contributed by atoms with E-state index in [-0.39, 0.29) is 0 Å². The Morgan fingerprint density at radius 2 is 2.00 bits per heavy atom. The molecule has 0 spiro atoms. The van der Waals surface area contributed by atoms with Crippen molar-refractivity contribution in [3.8, 4) is 0 Å². The Bertz CT molecular complexity index is 114. The van der Waals surface area contributed by atoms with Gasteiger partial charge in [-0.25, -0.2) is 0 Å². The van der Waals surface area contributed by atoms with Crippen LogP contribution in [-0.2, 0) is 0 Å². The number of nitrogens with one attached hydrogen (secondary N) is 1. The molecule has 0 saturated heterocycles. The highest BCUT2D eigenvalue weighted by Gasteiger charge is 1.88. The quantitative estimate of drug-likeness (QED) is 0.566. The predicted molar refractivity (Wildman–Crippen MR) is 46.7 cm³/mol. The number of allylic oxidation sites excluding steroid dienone is 2. The third kappa shape index (κ3) is 4.30. The minimum atomic E-state index is 1.06. The molecule has 0 aliphatic rings. The fourth-order valence-corrected chi connectivity index (χ4v) is 0.852. The van der Waals surface area contributed by atoms with E-state index < -0.39 is 0 Å². The van der Waals surface area contributed by atoms with Crippen LogP contribution in [-0.4, -0.2) is 6.21 Å². The molecule has 0 heterocycles. The molecule has 0 atom stereocenters. The molecule has 0 rings (SSSR count). The van der Waals surface area contributed by atoms with Crippen molar-refractivity contribution in [3.05, 3.63) is 11.6 Å². The minimum Gasteiger partial charge on any atom is -0.308 e. The van der Waals surface area contributed by atoms with Gasteiger partial charge in [0.05, 0.1) is 0 Å². The molecule has 0 aromatic heterocycles. The lowest BCUT2D eigenvalue weighted by atomic mass is 10.1. The standard InChI is InChI=1S/C9H17N/c1-3-5-7-9(8-10)6-4-2/h7-8,10H,3-6H2,1-2H3. The van der Waals surface area contributed by atoms with Gasteiger partial charge in [0.2, 0.25) is 0 Å². The van der Waals surface area contributed by atoms with Crippen LogP contribution in [0.2, 0.25) is 0 Å². The highest BCUT2D eigenvalue weighted by molar-refractivity contribution is 5.75. The maximum atomic E-state index is 7.05. The lowest BCUT2D eigenvalue weighted by Crippen LogP contribution is -1.82. The summed E-state index contributed by atoms with van der Waals surface area (Å²) in [5, 5.41) is 7.05. The topological polar surface area (TPSA) is 23.9 Å². The maximum Gasteiger partial charge on any atom is 0.0206 e. The molecular formula is C9H17N. The van der Waals surface area contributed by atoms with E-state index in [0.29, 0.717) is 0 Å². The molecule has 10 heavy (non-hydrogen) atoms. The summed E-state index contributed by atoms with van der Waals surface area (Å²) in [5.41, 5.74) is 1.18. The fourth-order valence-electron chi connectivity index (χ4n) is 0.852. The van der Waals surface area contributed by atoms with Crippen molar-refractivity contribution < 1.29 is 0 Å². The SMILES string of the molecule is CCCC=C(C=N)CCC. The molecule has 0 unspecified atom stereocenters. The van der Waals surface area contributed by atoms with Gasteiger partial charge in [-0.3, -0.25) is 0 Å². The molecule has 0 aliphatic heterocycles. The lowest BCUT2D eigenvalue weighted by molar-refractivity contribution is 0.904. The first-order valence-electron chi connectivity index (χ1n) is 4.04. The average molecular weight is 139 g/mol. The molecule has 0 fully saturated rings. The molecule has 0 radical (unpaired) electrons. The summed E-state index contributed by atoms with van der Waals surface area (Å²) in [6, 6.07) is 0. The number of unbranched alkanes of at least 4 members (excludes halogenated alkanes) is 1. The van der Waals surface area contributed by atoms with Crippen molar-refractivity contribution in [1.82, 2.24) is 0 Å². The molecule has 0 aromatic rings. The summed E-state index contributed by atoms with van der Waals surface area (Å²) in [7, 11) is 0. The van der Waals surface area contributed by atoms with E-state index in [0.717, 1.165) is 19.3 Å². The van der Waals surface area contributed by atoms with Crippen LogP contribution in [0.25, 0.3) is 0 Å². The average Bonchev–Trinajstić information content (AvgIpc) is 1.98. The Morgan fingerprint density at radius 1 is 1.30 bits per heavy atom. The summed E-state index contributed by atoms with van der Waals surface area (Å²) >= 11 is 0. The monoisotopic (exact) mass is 139 g/mol. The summed E-state index contributed by atoms with van der Waals surface area (Å²) in [6.07, 6.45) is 8.13. The minimum absolute atomic E-state index is 1.06. The summed E-state index contributed by atoms with van der Waals surface area (Å²) in [6.45, 7) is 4.30. The van der Waals surface area contributed by atoms with E-state index in [1.807, 2.05) is 0 Å². The van der Waals surface area contributed by atoms with Crippen molar-refractivity contribution in [2.45, 2.75) is 39.5 Å². The van der Waals surface area contributed by atoms with E-state index in [9.17, 15) is 0 Å². The number of hydrogen-bond donors (Lipinski definition) is 1. The first-order valence-corrected chi connectivity index (χ1v) is 4.04. The molecule has 58 valence electrons. The van der Waals surface area contributed by atoms with Gasteiger partial charge in [-0.2, -0.15) is 0 Å². The molecule has 1 N–H and O–H groups in total. The van der Waals surface area contributed by atoms with Gasteiger partial charge in [-0.05, 0) is 18.4 Å². The van der Waals surface area contributed by atoms with Crippen molar-refractivity contribution in [3.63, 3.8) is 0 Å². The molecule has 1 heteroatoms. The van der Waals surface area contributed by atoms with Crippen LogP contribution >= 0.6 is 0 Å². The first-order chi connectivity index (χ1) is 4.85. The largest absolute Gasteiger partial charge is 0.308 e. The van der Waals surface area contributed by atoms with Gasteiger partial charge >= 0.3 is 0 Å². The highest BCUT2D eigenvalue weighted by atomic mass is 14.3. The lowest BCUT2D eigenvalue weighted by Gasteiger charge is -1.95. The van der Waals surface area contributed by atoms with Gasteiger partial charge in [-0.15, -0.1) is 0 Å². The molecule has 0 saturated carbocycles. The Kier molecular flexibility index (Phi) is 6.14. The smallest absolute Gasteiger partial charge is 0.0206 e. The summed E-state index contributed by atoms with van der Waals surface area (Å²) < 4.78 is 0. The van der Waals surface area contributed by atoms with Gasteiger partial charge in [0.15, 0.2) is 0 Å². The third-order valence-electron chi connectivity index (χ3n) is 1.42. The maximum absolute atomic E-state index is 7.05. The van der Waals surface area contributed by atoms with E-state index in [4.69, 9.17) is 5.41 Å². The number of hydrogen-bond acceptors (Lipinski definition) is 1. The Balaban J connectivity index is 3.66. The fraction of sp³-hybridized carbons (Fsp3) is 0.667. The Hall–Kier alpha value is -0.590. The van der Waals surface area contributed by atoms with Gasteiger partial charge in [-0.1, -0.05) is 32.8 Å². The summed E-state index contributed by atoms with van der Waals surface area (Å²) in [5.74, 6) is 0. The zero-order chi connectivity index (χ0) is 7.82. The van der Waals surface area contributed by atoms with Gasteiger partial charge in [0.1, 0.15) is 0 Å². The van der Waals surface area contributed by atoms with Crippen LogP contribution in [0.1, 0.15) is 39.5 Å². The normalized spacial score (nSPS) is 11.6. The summed E-state index contributed by atoms with van der Waals surface area (Å²) in [4.78, 5) is 0. The van der Waals surface area contributed by atoms with Crippen molar-refractivity contribution in [1.29, 1.82) is 5.41 Å². The van der Waals surface area contributed by atoms with Gasteiger partial charge < -0.3 is 5.41 Å². The van der Waals surface area contributed by atoms with E-state index in [1.54, 1.807) is 0 Å². The van der Waals surface area contributed by atoms with Crippen LogP contribution in [0.4, 0.5) is 0 Å². The zero-order valence-corrected chi connectivity index (χ0v) is 6.98. The van der Waals surface area contributed by atoms with Gasteiger partial charge in [0.25, 0.3) is 0 Å². The number of rotatable bonds is 5. The second-order valence-electron chi connectivity index (χ2n) is 2.46. The van der Waals surface area contributed by atoms with Crippen LogP contribution in [0, 0.1) is 5.41 Å². The van der Waals surface area contributed by atoms with Crippen LogP contribution in [0.5, 0.6) is 0 Å². The second kappa shape index (κ2) is 6.53. The van der Waals surface area contributed by atoms with Crippen molar-refractivity contribution >= 4 is 6.21 Å². The van der Waals surface area contributed by atoms with E-state index >= 15 is 0 Å². The van der Waals surface area contributed by atoms with Crippen LogP contribution < -0.4 is 0 Å². The van der Waals surface area contributed by atoms with E-state index in [2.05, 4.69) is 19.9 Å². The highest BCUT2D eigenvalue weighted by Crippen LogP contribution is 2.03. The molecule has 0 aromatic carbocycles. The zero-order valence-electron chi connectivity index (χ0n) is 6.98. The third-order valence-corrected chi connectivity index (χ3v) is 1.42. The Labute approximate surface area is 63.7 Å². The van der Waals surface area contributed by atoms with E-state index in [1.165, 1.54) is 18.2 Å². The molecular weight excluding hydrogens is 122 g/mol. The predicted octanol–water partition coefficient (Wildman–Crippen LogP) is 3.16.